The number of carbonyl (C=O) groups is 1. The van der Waals surface area contributed by atoms with Crippen LogP contribution < -0.4 is 5.32 Å². The van der Waals surface area contributed by atoms with Crippen molar-refractivity contribution >= 4 is 5.91 Å². The van der Waals surface area contributed by atoms with Crippen molar-refractivity contribution in [2.45, 2.75) is 6.04 Å². The Bertz CT molecular complexity index is 357. The Labute approximate surface area is 93.0 Å². The number of halogens is 1. The SMILES string of the molecule is COCC(CO)NC(=O)c1cccc(F)c1. The predicted octanol–water partition coefficient (Wildman–Crippen LogP) is 0.563. The number of methoxy groups -OCH3 is 1. The second kappa shape index (κ2) is 6.19. The molecular weight excluding hydrogens is 213 g/mol. The molecule has 4 nitrogen and oxygen atoms in total. The summed E-state index contributed by atoms with van der Waals surface area (Å²) in [6, 6.07) is 4.86. The van der Waals surface area contributed by atoms with E-state index in [0.29, 0.717) is 0 Å². The standard InChI is InChI=1S/C11H14FNO3/c1-16-7-10(6-14)13-11(15)8-3-2-4-9(12)5-8/h2-5,10,14H,6-7H2,1H3,(H,13,15). The van der Waals surface area contributed by atoms with Crippen LogP contribution in [0.25, 0.3) is 0 Å². The van der Waals surface area contributed by atoms with Gasteiger partial charge < -0.3 is 15.2 Å². The lowest BCUT2D eigenvalue weighted by Crippen LogP contribution is -2.40. The Morgan fingerprint density at radius 1 is 1.62 bits per heavy atom. The maximum Gasteiger partial charge on any atom is 0.251 e. The van der Waals surface area contributed by atoms with Crippen LogP contribution in [-0.2, 0) is 4.74 Å². The minimum Gasteiger partial charge on any atom is -0.394 e. The smallest absolute Gasteiger partial charge is 0.251 e. The minimum absolute atomic E-state index is 0.206. The molecule has 1 aromatic carbocycles. The molecule has 5 heteroatoms. The van der Waals surface area contributed by atoms with E-state index in [0.717, 1.165) is 6.07 Å². The number of hydrogen-bond acceptors (Lipinski definition) is 3. The summed E-state index contributed by atoms with van der Waals surface area (Å²) < 4.78 is 17.6. The van der Waals surface area contributed by atoms with Crippen LogP contribution in [0.3, 0.4) is 0 Å². The van der Waals surface area contributed by atoms with Gasteiger partial charge in [-0.15, -0.1) is 0 Å². The van der Waals surface area contributed by atoms with Gasteiger partial charge in [0.25, 0.3) is 5.91 Å². The lowest BCUT2D eigenvalue weighted by atomic mass is 10.2. The highest BCUT2D eigenvalue weighted by atomic mass is 19.1. The number of amides is 1. The number of carbonyl (C=O) groups excluding carboxylic acids is 1. The average Bonchev–Trinajstić information content (AvgIpc) is 2.28. The van der Waals surface area contributed by atoms with Crippen molar-refractivity contribution in [1.82, 2.24) is 5.32 Å². The van der Waals surface area contributed by atoms with Gasteiger partial charge in [0.15, 0.2) is 0 Å². The molecule has 1 aromatic rings. The first-order chi connectivity index (χ1) is 7.67. The van der Waals surface area contributed by atoms with Crippen LogP contribution >= 0.6 is 0 Å². The summed E-state index contributed by atoms with van der Waals surface area (Å²) in [5.41, 5.74) is 0.217. The van der Waals surface area contributed by atoms with E-state index in [9.17, 15) is 9.18 Å². The van der Waals surface area contributed by atoms with Gasteiger partial charge in [-0.2, -0.15) is 0 Å². The number of aliphatic hydroxyl groups excluding tert-OH is 1. The first kappa shape index (κ1) is 12.6. The maximum absolute atomic E-state index is 12.8. The minimum atomic E-state index is -0.485. The van der Waals surface area contributed by atoms with Gasteiger partial charge in [-0.25, -0.2) is 4.39 Å². The van der Waals surface area contributed by atoms with Crippen molar-refractivity contribution in [3.63, 3.8) is 0 Å². The van der Waals surface area contributed by atoms with Gasteiger partial charge in [0, 0.05) is 12.7 Å². The molecule has 1 amide bonds. The summed E-state index contributed by atoms with van der Waals surface area (Å²) in [6.07, 6.45) is 0. The lowest BCUT2D eigenvalue weighted by molar-refractivity contribution is 0.0839. The van der Waals surface area contributed by atoms with Crippen LogP contribution in [0.15, 0.2) is 24.3 Å². The van der Waals surface area contributed by atoms with Crippen LogP contribution in [0.5, 0.6) is 0 Å². The maximum atomic E-state index is 12.8. The quantitative estimate of drug-likeness (QED) is 0.772. The van der Waals surface area contributed by atoms with Crippen LogP contribution in [-0.4, -0.2) is 37.4 Å². The lowest BCUT2D eigenvalue weighted by Gasteiger charge is -2.15. The van der Waals surface area contributed by atoms with Crippen molar-refractivity contribution < 1.29 is 19.0 Å². The van der Waals surface area contributed by atoms with Gasteiger partial charge >= 0.3 is 0 Å². The third-order valence-corrected chi connectivity index (χ3v) is 2.01. The monoisotopic (exact) mass is 227 g/mol. The predicted molar refractivity (Wildman–Crippen MR) is 56.6 cm³/mol. The number of hydrogen-bond donors (Lipinski definition) is 2. The second-order valence-corrected chi connectivity index (χ2v) is 3.32. The van der Waals surface area contributed by atoms with Gasteiger partial charge in [-0.1, -0.05) is 6.07 Å². The molecule has 1 rings (SSSR count). The van der Waals surface area contributed by atoms with Crippen molar-refractivity contribution in [3.05, 3.63) is 35.6 Å². The molecule has 0 fully saturated rings. The fraction of sp³-hybridized carbons (Fsp3) is 0.364. The van der Waals surface area contributed by atoms with Gasteiger partial charge in [0.05, 0.1) is 19.3 Å². The van der Waals surface area contributed by atoms with E-state index in [2.05, 4.69) is 5.32 Å². The number of benzene rings is 1. The van der Waals surface area contributed by atoms with Crippen LogP contribution in [0.4, 0.5) is 4.39 Å². The van der Waals surface area contributed by atoms with Crippen molar-refractivity contribution in [2.75, 3.05) is 20.3 Å². The molecule has 0 spiro atoms. The Balaban J connectivity index is 2.64. The topological polar surface area (TPSA) is 58.6 Å². The van der Waals surface area contributed by atoms with Crippen LogP contribution in [0.1, 0.15) is 10.4 Å². The molecule has 0 saturated heterocycles. The first-order valence-corrected chi connectivity index (χ1v) is 4.83. The van der Waals surface area contributed by atoms with Gasteiger partial charge in [-0.3, -0.25) is 4.79 Å². The summed E-state index contributed by atoms with van der Waals surface area (Å²) >= 11 is 0. The van der Waals surface area contributed by atoms with Gasteiger partial charge in [0.2, 0.25) is 0 Å². The van der Waals surface area contributed by atoms with Crippen molar-refractivity contribution in [1.29, 1.82) is 0 Å². The zero-order valence-electron chi connectivity index (χ0n) is 8.94. The van der Waals surface area contributed by atoms with E-state index in [4.69, 9.17) is 9.84 Å². The summed E-state index contributed by atoms with van der Waals surface area (Å²) in [5.74, 6) is -0.907. The third kappa shape index (κ3) is 3.60. The number of rotatable bonds is 5. The summed E-state index contributed by atoms with van der Waals surface area (Å²) in [5, 5.41) is 11.5. The van der Waals surface area contributed by atoms with E-state index >= 15 is 0 Å². The third-order valence-electron chi connectivity index (χ3n) is 2.01. The molecular formula is C11H14FNO3. The molecule has 1 atom stereocenters. The number of nitrogens with one attached hydrogen (secondary N) is 1. The van der Waals surface area contributed by atoms with Gasteiger partial charge in [0.1, 0.15) is 5.82 Å². The van der Waals surface area contributed by atoms with Gasteiger partial charge in [-0.05, 0) is 18.2 Å². The zero-order chi connectivity index (χ0) is 12.0. The molecule has 1 unspecified atom stereocenters. The molecule has 0 aliphatic rings. The molecule has 0 saturated carbocycles. The van der Waals surface area contributed by atoms with Crippen LogP contribution in [0, 0.1) is 5.82 Å². The molecule has 2 N–H and O–H groups in total. The summed E-state index contributed by atoms with van der Waals surface area (Å²) in [7, 11) is 1.47. The molecule has 0 heterocycles. The van der Waals surface area contributed by atoms with Crippen molar-refractivity contribution in [2.24, 2.45) is 0 Å². The summed E-state index contributed by atoms with van der Waals surface area (Å²) in [6.45, 7) is -0.0214. The Hall–Kier alpha value is -1.46. The molecule has 0 bridgehead atoms. The summed E-state index contributed by atoms with van der Waals surface area (Å²) in [4.78, 5) is 11.6. The largest absolute Gasteiger partial charge is 0.394 e. The van der Waals surface area contributed by atoms with E-state index in [1.165, 1.54) is 25.3 Å². The highest BCUT2D eigenvalue weighted by Gasteiger charge is 2.12. The molecule has 16 heavy (non-hydrogen) atoms. The molecule has 0 radical (unpaired) electrons. The molecule has 88 valence electrons. The number of aliphatic hydroxyl groups is 1. The first-order valence-electron chi connectivity index (χ1n) is 4.83. The zero-order valence-corrected chi connectivity index (χ0v) is 8.94. The fourth-order valence-electron chi connectivity index (χ4n) is 1.24. The Morgan fingerprint density at radius 3 is 2.94 bits per heavy atom. The van der Waals surface area contributed by atoms with E-state index < -0.39 is 17.8 Å². The highest BCUT2D eigenvalue weighted by molar-refractivity contribution is 5.94. The molecule has 0 aliphatic carbocycles. The van der Waals surface area contributed by atoms with E-state index in [1.807, 2.05) is 0 Å². The molecule has 0 aromatic heterocycles. The second-order valence-electron chi connectivity index (χ2n) is 3.32. The highest BCUT2D eigenvalue weighted by Crippen LogP contribution is 2.03. The normalized spacial score (nSPS) is 12.2. The van der Waals surface area contributed by atoms with E-state index in [1.54, 1.807) is 0 Å². The van der Waals surface area contributed by atoms with Crippen molar-refractivity contribution in [3.8, 4) is 0 Å². The van der Waals surface area contributed by atoms with Crippen LogP contribution in [0.2, 0.25) is 0 Å². The van der Waals surface area contributed by atoms with E-state index in [-0.39, 0.29) is 18.8 Å². The molecule has 0 aliphatic heterocycles. The number of ether oxygens (including phenoxy) is 1. The Kier molecular flexibility index (Phi) is 4.88. The average molecular weight is 227 g/mol. The fourth-order valence-corrected chi connectivity index (χ4v) is 1.24. The Morgan fingerprint density at radius 2 is 2.38 bits per heavy atom.